The Hall–Kier alpha value is -3.86. The van der Waals surface area contributed by atoms with E-state index in [9.17, 15) is 18.0 Å². The van der Waals surface area contributed by atoms with E-state index in [4.69, 9.17) is 9.47 Å². The van der Waals surface area contributed by atoms with Crippen LogP contribution < -0.4 is 9.46 Å². The number of ether oxygens (including phenoxy) is 2. The molecule has 1 saturated carbocycles. The largest absolute Gasteiger partial charge is 0.495 e. The highest BCUT2D eigenvalue weighted by molar-refractivity contribution is 7.93. The normalized spacial score (nSPS) is 15.9. The highest BCUT2D eigenvalue weighted by Crippen LogP contribution is 2.31. The Morgan fingerprint density at radius 1 is 1.03 bits per heavy atom. The number of sulfonamides is 1. The first-order valence-corrected chi connectivity index (χ1v) is 13.6. The first-order chi connectivity index (χ1) is 17.9. The minimum Gasteiger partial charge on any atom is -0.495 e. The molecule has 1 aliphatic carbocycles. The zero-order valence-electron chi connectivity index (χ0n) is 20.4. The lowest BCUT2D eigenvalue weighted by Gasteiger charge is -2.34. The lowest BCUT2D eigenvalue weighted by molar-refractivity contribution is 0.0550. The van der Waals surface area contributed by atoms with E-state index < -0.39 is 10.0 Å². The summed E-state index contributed by atoms with van der Waals surface area (Å²) in [5, 5.41) is 0.703. The number of piperazine rings is 1. The number of aromatic nitrogens is 1. The van der Waals surface area contributed by atoms with E-state index >= 15 is 0 Å². The van der Waals surface area contributed by atoms with Crippen molar-refractivity contribution in [3.8, 4) is 5.75 Å². The third-order valence-corrected chi connectivity index (χ3v) is 7.94. The molecule has 2 amide bonds. The fourth-order valence-electron chi connectivity index (χ4n) is 4.24. The molecule has 0 spiro atoms. The monoisotopic (exact) mass is 524 g/mol. The summed E-state index contributed by atoms with van der Waals surface area (Å²) in [6.07, 6.45) is 3.43. The van der Waals surface area contributed by atoms with Gasteiger partial charge in [0.2, 0.25) is 0 Å². The number of pyridine rings is 1. The summed E-state index contributed by atoms with van der Waals surface area (Å²) in [5.41, 5.74) is 0.922. The summed E-state index contributed by atoms with van der Waals surface area (Å²) >= 11 is 0. The van der Waals surface area contributed by atoms with Crippen LogP contribution in [-0.2, 0) is 14.8 Å². The molecular formula is C26H28N4O6S. The first kappa shape index (κ1) is 24.8. The number of hydrogen-bond acceptors (Lipinski definition) is 7. The van der Waals surface area contributed by atoms with Gasteiger partial charge in [-0.2, -0.15) is 0 Å². The number of para-hydroxylation sites is 1. The molecule has 10 nitrogen and oxygen atoms in total. The Bertz CT molecular complexity index is 1430. The van der Waals surface area contributed by atoms with Crippen molar-refractivity contribution >= 4 is 38.6 Å². The number of fused-ring (bicyclic) bond motifs is 1. The molecule has 11 heteroatoms. The van der Waals surface area contributed by atoms with Crippen LogP contribution in [-0.4, -0.2) is 75.1 Å². The van der Waals surface area contributed by atoms with Crippen LogP contribution >= 0.6 is 0 Å². The molecule has 1 N–H and O–H groups in total. The summed E-state index contributed by atoms with van der Waals surface area (Å²) in [6.45, 7) is 2.00. The summed E-state index contributed by atoms with van der Waals surface area (Å²) in [7, 11) is -2.57. The Morgan fingerprint density at radius 3 is 2.49 bits per heavy atom. The van der Waals surface area contributed by atoms with Gasteiger partial charge in [-0.3, -0.25) is 14.5 Å². The Morgan fingerprint density at radius 2 is 1.76 bits per heavy atom. The minimum absolute atomic E-state index is 0.0429. The zero-order chi connectivity index (χ0) is 26.0. The fraction of sp³-hybridized carbons (Fsp3) is 0.346. The Labute approximate surface area is 215 Å². The molecule has 0 unspecified atom stereocenters. The van der Waals surface area contributed by atoms with Gasteiger partial charge in [0.25, 0.3) is 15.9 Å². The van der Waals surface area contributed by atoms with Gasteiger partial charge in [-0.25, -0.2) is 13.2 Å². The average Bonchev–Trinajstić information content (AvgIpc) is 3.76. The maximum Gasteiger partial charge on any atom is 0.409 e. The van der Waals surface area contributed by atoms with Gasteiger partial charge < -0.3 is 19.3 Å². The van der Waals surface area contributed by atoms with Crippen LogP contribution in [0.25, 0.3) is 10.9 Å². The van der Waals surface area contributed by atoms with Gasteiger partial charge in [0.1, 0.15) is 10.6 Å². The zero-order valence-corrected chi connectivity index (χ0v) is 21.2. The van der Waals surface area contributed by atoms with Crippen LogP contribution in [0.2, 0.25) is 0 Å². The molecule has 2 heterocycles. The van der Waals surface area contributed by atoms with Crippen molar-refractivity contribution in [2.75, 3.05) is 44.6 Å². The number of hydrogen-bond donors (Lipinski definition) is 1. The lowest BCUT2D eigenvalue weighted by atomic mass is 10.1. The second kappa shape index (κ2) is 10.3. The smallest absolute Gasteiger partial charge is 0.409 e. The van der Waals surface area contributed by atoms with Crippen LogP contribution in [0, 0.1) is 5.92 Å². The van der Waals surface area contributed by atoms with Crippen LogP contribution in [0.1, 0.15) is 23.2 Å². The van der Waals surface area contributed by atoms with E-state index in [1.54, 1.807) is 46.3 Å². The summed E-state index contributed by atoms with van der Waals surface area (Å²) in [4.78, 5) is 32.9. The number of amides is 2. The SMILES string of the molecule is COc1cc(C(=O)N2CCN(C(=O)OCC3CC3)CC2)ccc1NS(=O)(=O)c1cccc2cccnc12. The Balaban J connectivity index is 1.27. The van der Waals surface area contributed by atoms with E-state index in [1.807, 2.05) is 0 Å². The number of nitrogens with zero attached hydrogens (tertiary/aromatic N) is 3. The highest BCUT2D eigenvalue weighted by atomic mass is 32.2. The van der Waals surface area contributed by atoms with Crippen LogP contribution in [0.4, 0.5) is 10.5 Å². The third kappa shape index (κ3) is 5.46. The van der Waals surface area contributed by atoms with Gasteiger partial charge in [-0.05, 0) is 49.1 Å². The predicted octanol–water partition coefficient (Wildman–Crippen LogP) is 3.35. The molecule has 0 radical (unpaired) electrons. The topological polar surface area (TPSA) is 118 Å². The molecule has 37 heavy (non-hydrogen) atoms. The van der Waals surface area contributed by atoms with E-state index in [0.29, 0.717) is 55.2 Å². The van der Waals surface area contributed by atoms with E-state index in [-0.39, 0.29) is 28.3 Å². The van der Waals surface area contributed by atoms with Crippen LogP contribution in [0.15, 0.2) is 59.6 Å². The summed E-state index contributed by atoms with van der Waals surface area (Å²) in [5.74, 6) is 0.486. The van der Waals surface area contributed by atoms with Gasteiger partial charge in [0.05, 0.1) is 24.9 Å². The minimum atomic E-state index is -3.98. The summed E-state index contributed by atoms with van der Waals surface area (Å²) in [6, 6.07) is 13.0. The maximum absolute atomic E-state index is 13.2. The van der Waals surface area contributed by atoms with E-state index in [1.165, 1.54) is 25.3 Å². The van der Waals surface area contributed by atoms with Crippen molar-refractivity contribution < 1.29 is 27.5 Å². The molecule has 5 rings (SSSR count). The third-order valence-electron chi connectivity index (χ3n) is 6.54. The quantitative estimate of drug-likeness (QED) is 0.504. The number of carbonyl (C=O) groups excluding carboxylic acids is 2. The maximum atomic E-state index is 13.2. The van der Waals surface area contributed by atoms with Crippen molar-refractivity contribution in [1.29, 1.82) is 0 Å². The van der Waals surface area contributed by atoms with E-state index in [0.717, 1.165) is 12.8 Å². The van der Waals surface area contributed by atoms with E-state index in [2.05, 4.69) is 9.71 Å². The van der Waals surface area contributed by atoms with Crippen molar-refractivity contribution in [3.05, 3.63) is 60.3 Å². The molecule has 194 valence electrons. The second-order valence-corrected chi connectivity index (χ2v) is 10.8. The number of nitrogens with one attached hydrogen (secondary N) is 1. The number of benzene rings is 2. The Kier molecular flexibility index (Phi) is 6.88. The molecule has 1 aliphatic heterocycles. The number of anilines is 1. The molecule has 1 saturated heterocycles. The van der Waals surface area contributed by atoms with Gasteiger partial charge in [-0.15, -0.1) is 0 Å². The van der Waals surface area contributed by atoms with Gasteiger partial charge in [-0.1, -0.05) is 18.2 Å². The standard InChI is InChI=1S/C26H28N4O6S/c1-35-22-16-20(25(31)29-12-14-30(15-13-29)26(32)36-17-18-7-8-18)9-10-21(22)28-37(33,34)23-6-2-4-19-5-3-11-27-24(19)23/h2-6,9-11,16,18,28H,7-8,12-15,17H2,1H3. The molecule has 3 aromatic rings. The fourth-order valence-corrected chi connectivity index (χ4v) is 5.49. The molecule has 2 aliphatic rings. The number of rotatable bonds is 7. The lowest BCUT2D eigenvalue weighted by Crippen LogP contribution is -2.50. The molecule has 0 bridgehead atoms. The molecule has 2 fully saturated rings. The molecule has 2 aromatic carbocycles. The number of carbonyl (C=O) groups is 2. The van der Waals surface area contributed by atoms with Crippen LogP contribution in [0.5, 0.6) is 5.75 Å². The first-order valence-electron chi connectivity index (χ1n) is 12.1. The molecule has 1 aromatic heterocycles. The van der Waals surface area contributed by atoms with Crippen molar-refractivity contribution in [2.24, 2.45) is 5.92 Å². The predicted molar refractivity (Wildman–Crippen MR) is 137 cm³/mol. The number of methoxy groups -OCH3 is 1. The van der Waals surface area contributed by atoms with Gasteiger partial charge in [0, 0.05) is 43.3 Å². The van der Waals surface area contributed by atoms with Gasteiger partial charge in [0.15, 0.2) is 0 Å². The highest BCUT2D eigenvalue weighted by Gasteiger charge is 2.29. The summed E-state index contributed by atoms with van der Waals surface area (Å²) < 4.78 is 39.7. The second-order valence-electron chi connectivity index (χ2n) is 9.15. The average molecular weight is 525 g/mol. The molecular weight excluding hydrogens is 496 g/mol. The van der Waals surface area contributed by atoms with Crippen molar-refractivity contribution in [2.45, 2.75) is 17.7 Å². The van der Waals surface area contributed by atoms with Crippen LogP contribution in [0.3, 0.4) is 0 Å². The van der Waals surface area contributed by atoms with Crippen molar-refractivity contribution in [1.82, 2.24) is 14.8 Å². The molecule has 0 atom stereocenters. The van der Waals surface area contributed by atoms with Gasteiger partial charge >= 0.3 is 6.09 Å². The van der Waals surface area contributed by atoms with Crippen molar-refractivity contribution in [3.63, 3.8) is 0 Å².